The number of rotatable bonds is 4. The molecule has 0 aliphatic carbocycles. The van der Waals surface area contributed by atoms with Gasteiger partial charge in [0.25, 0.3) is 0 Å². The molecule has 0 saturated carbocycles. The second kappa shape index (κ2) is 5.24. The summed E-state index contributed by atoms with van der Waals surface area (Å²) >= 11 is 0. The van der Waals surface area contributed by atoms with Gasteiger partial charge < -0.3 is 5.32 Å². The van der Waals surface area contributed by atoms with Gasteiger partial charge in [-0.25, -0.2) is 8.42 Å². The lowest BCUT2D eigenvalue weighted by Gasteiger charge is -2.19. The highest BCUT2D eigenvalue weighted by molar-refractivity contribution is 7.89. The average Bonchev–Trinajstić information content (AvgIpc) is 2.79. The summed E-state index contributed by atoms with van der Waals surface area (Å²) in [5.41, 5.74) is 0.936. The predicted molar refractivity (Wildman–Crippen MR) is 71.9 cm³/mol. The van der Waals surface area contributed by atoms with Gasteiger partial charge in [-0.05, 0) is 32.4 Å². The van der Waals surface area contributed by atoms with Crippen LogP contribution >= 0.6 is 0 Å². The minimum atomic E-state index is -3.12. The molecule has 0 bridgehead atoms. The fraction of sp³-hybridized carbons (Fsp3) is 0.583. The van der Waals surface area contributed by atoms with E-state index >= 15 is 0 Å². The van der Waals surface area contributed by atoms with Gasteiger partial charge in [0.2, 0.25) is 10.0 Å². The van der Waals surface area contributed by atoms with E-state index in [9.17, 15) is 8.42 Å². The molecule has 1 aliphatic rings. The van der Waals surface area contributed by atoms with Gasteiger partial charge in [0.05, 0.1) is 10.9 Å². The van der Waals surface area contributed by atoms with Crippen molar-refractivity contribution in [1.82, 2.24) is 9.29 Å². The molecule has 18 heavy (non-hydrogen) atoms. The third-order valence-corrected chi connectivity index (χ3v) is 5.38. The molecule has 0 radical (unpaired) electrons. The summed E-state index contributed by atoms with van der Waals surface area (Å²) in [6, 6.07) is 3.97. The van der Waals surface area contributed by atoms with Crippen LogP contribution in [0.1, 0.15) is 20.3 Å². The zero-order valence-corrected chi connectivity index (χ0v) is 11.5. The quantitative estimate of drug-likeness (QED) is 0.895. The minimum absolute atomic E-state index is 0.169. The summed E-state index contributed by atoms with van der Waals surface area (Å²) in [5.74, 6) is 0. The van der Waals surface area contributed by atoms with Crippen LogP contribution in [0.25, 0.3) is 0 Å². The summed E-state index contributed by atoms with van der Waals surface area (Å²) < 4.78 is 25.6. The van der Waals surface area contributed by atoms with Gasteiger partial charge in [-0.1, -0.05) is 0 Å². The third kappa shape index (κ3) is 2.81. The van der Waals surface area contributed by atoms with Crippen molar-refractivity contribution in [1.29, 1.82) is 0 Å². The summed E-state index contributed by atoms with van der Waals surface area (Å²) in [6.45, 7) is 4.57. The summed E-state index contributed by atoms with van der Waals surface area (Å²) in [7, 11) is -3.12. The normalized spacial score (nSPS) is 21.4. The van der Waals surface area contributed by atoms with E-state index in [1.807, 2.05) is 12.1 Å². The zero-order valence-electron chi connectivity index (χ0n) is 10.7. The first-order valence-corrected chi connectivity index (χ1v) is 7.66. The molecule has 1 aromatic rings. The van der Waals surface area contributed by atoms with Crippen molar-refractivity contribution in [2.45, 2.75) is 31.6 Å². The molecule has 2 heterocycles. The second-order valence-electron chi connectivity index (χ2n) is 4.82. The van der Waals surface area contributed by atoms with Crippen LogP contribution in [0.2, 0.25) is 0 Å². The Kier molecular flexibility index (Phi) is 3.87. The number of nitrogens with one attached hydrogen (secondary N) is 1. The number of pyridine rings is 1. The third-order valence-electron chi connectivity index (χ3n) is 3.14. The summed E-state index contributed by atoms with van der Waals surface area (Å²) in [4.78, 5) is 4.03. The van der Waals surface area contributed by atoms with Crippen LogP contribution in [-0.2, 0) is 10.0 Å². The van der Waals surface area contributed by atoms with Crippen molar-refractivity contribution in [3.8, 4) is 0 Å². The van der Waals surface area contributed by atoms with Crippen LogP contribution in [-0.4, -0.2) is 42.1 Å². The summed E-state index contributed by atoms with van der Waals surface area (Å²) in [6.07, 6.45) is 4.30. The largest absolute Gasteiger partial charge is 0.380 e. The molecule has 1 aromatic heterocycles. The van der Waals surface area contributed by atoms with Crippen molar-refractivity contribution in [3.63, 3.8) is 0 Å². The maximum Gasteiger partial charge on any atom is 0.216 e. The van der Waals surface area contributed by atoms with Crippen molar-refractivity contribution < 1.29 is 8.42 Å². The lowest BCUT2D eigenvalue weighted by Crippen LogP contribution is -2.36. The molecular formula is C12H19N3O2S. The molecular weight excluding hydrogens is 250 g/mol. The van der Waals surface area contributed by atoms with Crippen LogP contribution in [0.15, 0.2) is 24.5 Å². The van der Waals surface area contributed by atoms with Crippen LogP contribution < -0.4 is 5.32 Å². The highest BCUT2D eigenvalue weighted by Crippen LogP contribution is 2.20. The van der Waals surface area contributed by atoms with Crippen molar-refractivity contribution in [2.75, 3.05) is 18.4 Å². The fourth-order valence-corrected chi connectivity index (χ4v) is 3.40. The van der Waals surface area contributed by atoms with Gasteiger partial charge in [0.15, 0.2) is 0 Å². The Bertz CT molecular complexity index is 487. The topological polar surface area (TPSA) is 62.3 Å². The molecule has 1 fully saturated rings. The molecule has 6 heteroatoms. The van der Waals surface area contributed by atoms with Gasteiger partial charge in [-0.2, -0.15) is 4.31 Å². The van der Waals surface area contributed by atoms with Crippen LogP contribution in [0, 0.1) is 0 Å². The Hall–Kier alpha value is -1.14. The molecule has 100 valence electrons. The average molecular weight is 269 g/mol. The van der Waals surface area contributed by atoms with Crippen LogP contribution in [0.3, 0.4) is 0 Å². The predicted octanol–water partition coefficient (Wildman–Crippen LogP) is 1.31. The van der Waals surface area contributed by atoms with Crippen LogP contribution in [0.5, 0.6) is 0 Å². The Morgan fingerprint density at radius 3 is 2.89 bits per heavy atom. The van der Waals surface area contributed by atoms with E-state index in [4.69, 9.17) is 0 Å². The second-order valence-corrected chi connectivity index (χ2v) is 7.31. The Balaban J connectivity index is 1.97. The van der Waals surface area contributed by atoms with E-state index in [-0.39, 0.29) is 11.3 Å². The van der Waals surface area contributed by atoms with Crippen molar-refractivity contribution >= 4 is 15.7 Å². The maximum absolute atomic E-state index is 12.0. The Morgan fingerprint density at radius 2 is 2.28 bits per heavy atom. The number of nitrogens with zero attached hydrogens (tertiary/aromatic N) is 2. The zero-order chi connectivity index (χ0) is 13.2. The number of aromatic nitrogens is 1. The lowest BCUT2D eigenvalue weighted by molar-refractivity contribution is 0.467. The number of anilines is 1. The highest BCUT2D eigenvalue weighted by Gasteiger charge is 2.33. The van der Waals surface area contributed by atoms with Gasteiger partial charge in [-0.3, -0.25) is 4.98 Å². The molecule has 0 amide bonds. The summed E-state index contributed by atoms with van der Waals surface area (Å²) in [5, 5.41) is 2.96. The van der Waals surface area contributed by atoms with Gasteiger partial charge in [0, 0.05) is 31.5 Å². The van der Waals surface area contributed by atoms with Crippen LogP contribution in [0.4, 0.5) is 5.69 Å². The molecule has 0 aromatic carbocycles. The Morgan fingerprint density at radius 1 is 1.50 bits per heavy atom. The molecule has 1 aliphatic heterocycles. The molecule has 2 rings (SSSR count). The van der Waals surface area contributed by atoms with E-state index in [1.165, 1.54) is 0 Å². The van der Waals surface area contributed by atoms with E-state index in [1.54, 1.807) is 30.5 Å². The maximum atomic E-state index is 12.0. The molecule has 5 nitrogen and oxygen atoms in total. The van der Waals surface area contributed by atoms with Crippen molar-refractivity contribution in [3.05, 3.63) is 24.5 Å². The molecule has 1 atom stereocenters. The first-order valence-electron chi connectivity index (χ1n) is 6.15. The van der Waals surface area contributed by atoms with E-state index < -0.39 is 10.0 Å². The minimum Gasteiger partial charge on any atom is -0.380 e. The first kappa shape index (κ1) is 13.3. The van der Waals surface area contributed by atoms with Gasteiger partial charge in [-0.15, -0.1) is 0 Å². The fourth-order valence-electron chi connectivity index (χ4n) is 2.06. The van der Waals surface area contributed by atoms with Gasteiger partial charge >= 0.3 is 0 Å². The smallest absolute Gasteiger partial charge is 0.216 e. The number of hydrogen-bond acceptors (Lipinski definition) is 4. The molecule has 0 spiro atoms. The van der Waals surface area contributed by atoms with E-state index in [0.717, 1.165) is 12.1 Å². The first-order chi connectivity index (χ1) is 8.50. The van der Waals surface area contributed by atoms with E-state index in [2.05, 4.69) is 10.3 Å². The highest BCUT2D eigenvalue weighted by atomic mass is 32.2. The number of sulfonamides is 1. The molecule has 1 saturated heterocycles. The van der Waals surface area contributed by atoms with Crippen molar-refractivity contribution in [2.24, 2.45) is 0 Å². The molecule has 0 unspecified atom stereocenters. The standard InChI is InChI=1S/C12H19N3O2S/c1-10(2)18(16,17)15-7-5-12(9-15)14-11-4-3-6-13-8-11/h3-4,6,8,10,12,14H,5,7,9H2,1-2H3/t12-/m1/s1. The van der Waals surface area contributed by atoms with Gasteiger partial charge in [0.1, 0.15) is 0 Å². The SMILES string of the molecule is CC(C)S(=O)(=O)N1CC[C@@H](Nc2cccnc2)C1. The monoisotopic (exact) mass is 269 g/mol. The number of hydrogen-bond donors (Lipinski definition) is 1. The van der Waals surface area contributed by atoms with E-state index in [0.29, 0.717) is 13.1 Å². The lowest BCUT2D eigenvalue weighted by atomic mass is 10.2. The Labute approximate surface area is 108 Å². The molecule has 1 N–H and O–H groups in total.